The zero-order valence-electron chi connectivity index (χ0n) is 12.9. The molecule has 0 bridgehead atoms. The molecule has 1 aromatic carbocycles. The van der Waals surface area contributed by atoms with Gasteiger partial charge in [0.15, 0.2) is 0 Å². The molecule has 0 fully saturated rings. The Bertz CT molecular complexity index is 484. The van der Waals surface area contributed by atoms with Crippen molar-refractivity contribution in [3.63, 3.8) is 0 Å². The third-order valence-corrected chi connectivity index (χ3v) is 4.41. The third-order valence-electron chi connectivity index (χ3n) is 4.41. The summed E-state index contributed by atoms with van der Waals surface area (Å²) in [6.07, 6.45) is 2.64. The van der Waals surface area contributed by atoms with Crippen LogP contribution >= 0.6 is 0 Å². The van der Waals surface area contributed by atoms with Crippen molar-refractivity contribution in [1.29, 1.82) is 0 Å². The van der Waals surface area contributed by atoms with Gasteiger partial charge in [-0.3, -0.25) is 4.79 Å². The van der Waals surface area contributed by atoms with Gasteiger partial charge < -0.3 is 10.6 Å². The minimum Gasteiger partial charge on any atom is -0.334 e. The van der Waals surface area contributed by atoms with Crippen LogP contribution < -0.4 is 5.73 Å². The molecule has 1 aliphatic heterocycles. The highest BCUT2D eigenvalue weighted by atomic mass is 16.2. The Labute approximate surface area is 122 Å². The molecular weight excluding hydrogens is 248 g/mol. The lowest BCUT2D eigenvalue weighted by atomic mass is 9.91. The number of rotatable bonds is 5. The van der Waals surface area contributed by atoms with Crippen LogP contribution in [0.2, 0.25) is 0 Å². The van der Waals surface area contributed by atoms with Crippen LogP contribution in [0.25, 0.3) is 0 Å². The summed E-state index contributed by atoms with van der Waals surface area (Å²) in [4.78, 5) is 13.9. The van der Waals surface area contributed by atoms with Crippen molar-refractivity contribution >= 4 is 5.91 Å². The summed E-state index contributed by atoms with van der Waals surface area (Å²) in [6.45, 7) is 7.91. The summed E-state index contributed by atoms with van der Waals surface area (Å²) in [5, 5.41) is 0. The van der Waals surface area contributed by atoms with Gasteiger partial charge in [0.2, 0.25) is 5.91 Å². The molecule has 1 amide bonds. The summed E-state index contributed by atoms with van der Waals surface area (Å²) >= 11 is 0. The number of amides is 1. The van der Waals surface area contributed by atoms with Crippen molar-refractivity contribution in [2.45, 2.75) is 59.2 Å². The first-order valence-corrected chi connectivity index (χ1v) is 7.71. The molecule has 0 radical (unpaired) electrons. The summed E-state index contributed by atoms with van der Waals surface area (Å²) in [6, 6.07) is 6.56. The zero-order chi connectivity index (χ0) is 14.7. The van der Waals surface area contributed by atoms with Crippen molar-refractivity contribution in [2.24, 2.45) is 11.7 Å². The molecule has 0 saturated carbocycles. The van der Waals surface area contributed by atoms with Gasteiger partial charge >= 0.3 is 0 Å². The molecule has 2 N–H and O–H groups in total. The van der Waals surface area contributed by atoms with E-state index in [1.54, 1.807) is 0 Å². The maximum atomic E-state index is 12.0. The van der Waals surface area contributed by atoms with Gasteiger partial charge in [-0.25, -0.2) is 0 Å². The van der Waals surface area contributed by atoms with Crippen molar-refractivity contribution in [3.8, 4) is 0 Å². The third kappa shape index (κ3) is 3.04. The van der Waals surface area contributed by atoms with Crippen molar-refractivity contribution < 1.29 is 4.79 Å². The van der Waals surface area contributed by atoms with E-state index in [0.717, 1.165) is 25.9 Å². The Morgan fingerprint density at radius 2 is 2.00 bits per heavy atom. The molecule has 0 spiro atoms. The average Bonchev–Trinajstić information content (AvgIpc) is 2.88. The Morgan fingerprint density at radius 1 is 1.30 bits per heavy atom. The summed E-state index contributed by atoms with van der Waals surface area (Å²) in [5.74, 6) is 0.740. The number of carbonyl (C=O) groups is 1. The van der Waals surface area contributed by atoms with Gasteiger partial charge in [0.05, 0.1) is 0 Å². The lowest BCUT2D eigenvalue weighted by Crippen LogP contribution is -2.24. The van der Waals surface area contributed by atoms with E-state index in [1.165, 1.54) is 16.7 Å². The van der Waals surface area contributed by atoms with Crippen LogP contribution in [0.3, 0.4) is 0 Å². The van der Waals surface area contributed by atoms with E-state index < -0.39 is 0 Å². The van der Waals surface area contributed by atoms with E-state index in [9.17, 15) is 4.79 Å². The second-order valence-electron chi connectivity index (χ2n) is 5.94. The monoisotopic (exact) mass is 274 g/mol. The number of hydrogen-bond acceptors (Lipinski definition) is 2. The Balaban J connectivity index is 2.12. The van der Waals surface area contributed by atoms with E-state index in [2.05, 4.69) is 32.0 Å². The average molecular weight is 274 g/mol. The molecule has 3 nitrogen and oxygen atoms in total. The molecule has 1 aliphatic rings. The Morgan fingerprint density at radius 3 is 2.65 bits per heavy atom. The second kappa shape index (κ2) is 6.40. The van der Waals surface area contributed by atoms with Crippen LogP contribution in [0.4, 0.5) is 0 Å². The molecule has 2 rings (SSSR count). The lowest BCUT2D eigenvalue weighted by molar-refractivity contribution is -0.131. The maximum absolute atomic E-state index is 12.0. The topological polar surface area (TPSA) is 46.3 Å². The van der Waals surface area contributed by atoms with E-state index in [-0.39, 0.29) is 11.9 Å². The zero-order valence-corrected chi connectivity index (χ0v) is 12.9. The van der Waals surface area contributed by atoms with Gasteiger partial charge in [0, 0.05) is 25.6 Å². The first-order valence-electron chi connectivity index (χ1n) is 7.71. The number of benzene rings is 1. The highest BCUT2D eigenvalue weighted by Gasteiger charge is 2.24. The molecular formula is C17H26N2O. The molecule has 1 aromatic rings. The van der Waals surface area contributed by atoms with Crippen molar-refractivity contribution in [2.75, 3.05) is 0 Å². The molecule has 0 saturated heterocycles. The molecule has 0 aliphatic carbocycles. The summed E-state index contributed by atoms with van der Waals surface area (Å²) in [7, 11) is 0. The number of fused-ring (bicyclic) bond motifs is 1. The highest BCUT2D eigenvalue weighted by molar-refractivity contribution is 5.76. The van der Waals surface area contributed by atoms with Gasteiger partial charge in [-0.1, -0.05) is 45.4 Å². The van der Waals surface area contributed by atoms with Crippen molar-refractivity contribution in [3.05, 3.63) is 34.9 Å². The molecule has 3 heteroatoms. The van der Waals surface area contributed by atoms with Gasteiger partial charge in [0.25, 0.3) is 0 Å². The SMILES string of the molecule is CCCC(=O)N1Cc2ccc(C(N)C(C)CC)cc2C1. The first-order chi connectivity index (χ1) is 9.56. The van der Waals surface area contributed by atoms with Gasteiger partial charge in [-0.2, -0.15) is 0 Å². The second-order valence-corrected chi connectivity index (χ2v) is 5.94. The number of carbonyl (C=O) groups excluding carboxylic acids is 1. The van der Waals surface area contributed by atoms with Crippen LogP contribution in [-0.4, -0.2) is 10.8 Å². The van der Waals surface area contributed by atoms with Crippen molar-refractivity contribution in [1.82, 2.24) is 4.90 Å². The fourth-order valence-electron chi connectivity index (χ4n) is 2.75. The molecule has 20 heavy (non-hydrogen) atoms. The lowest BCUT2D eigenvalue weighted by Gasteiger charge is -2.19. The Kier molecular flexibility index (Phi) is 4.81. The van der Waals surface area contributed by atoms with E-state index in [1.807, 2.05) is 11.8 Å². The van der Waals surface area contributed by atoms with Gasteiger partial charge in [-0.05, 0) is 29.0 Å². The van der Waals surface area contributed by atoms with Crippen LogP contribution in [0.15, 0.2) is 18.2 Å². The summed E-state index contributed by atoms with van der Waals surface area (Å²) < 4.78 is 0. The van der Waals surface area contributed by atoms with E-state index in [4.69, 9.17) is 5.73 Å². The molecule has 110 valence electrons. The van der Waals surface area contributed by atoms with Gasteiger partial charge in [-0.15, -0.1) is 0 Å². The van der Waals surface area contributed by atoms with Crippen LogP contribution in [0.5, 0.6) is 0 Å². The fraction of sp³-hybridized carbons (Fsp3) is 0.588. The molecule has 0 aromatic heterocycles. The largest absolute Gasteiger partial charge is 0.334 e. The quantitative estimate of drug-likeness (QED) is 0.894. The fourth-order valence-corrected chi connectivity index (χ4v) is 2.75. The first kappa shape index (κ1) is 15.0. The molecule has 1 heterocycles. The van der Waals surface area contributed by atoms with Crippen LogP contribution in [0.1, 0.15) is 62.8 Å². The minimum atomic E-state index is 0.0886. The van der Waals surface area contributed by atoms with Crippen LogP contribution in [0, 0.1) is 5.92 Å². The standard InChI is InChI=1S/C17H26N2O/c1-4-6-16(20)19-10-14-8-7-13(9-15(14)11-19)17(18)12(3)5-2/h7-9,12,17H,4-6,10-11,18H2,1-3H3. The number of hydrogen-bond donors (Lipinski definition) is 1. The molecule has 2 unspecified atom stereocenters. The Hall–Kier alpha value is -1.35. The van der Waals surface area contributed by atoms with Gasteiger partial charge in [0.1, 0.15) is 0 Å². The summed E-state index contributed by atoms with van der Waals surface area (Å²) in [5.41, 5.74) is 10.0. The minimum absolute atomic E-state index is 0.0886. The smallest absolute Gasteiger partial charge is 0.223 e. The molecule has 2 atom stereocenters. The number of nitrogens with two attached hydrogens (primary N) is 1. The predicted molar refractivity (Wildman–Crippen MR) is 82.0 cm³/mol. The normalized spacial score (nSPS) is 16.9. The van der Waals surface area contributed by atoms with E-state index in [0.29, 0.717) is 12.3 Å². The predicted octanol–water partition coefficient (Wildman–Crippen LogP) is 3.37. The van der Waals surface area contributed by atoms with Crippen LogP contribution in [-0.2, 0) is 17.9 Å². The van der Waals surface area contributed by atoms with E-state index >= 15 is 0 Å². The maximum Gasteiger partial charge on any atom is 0.223 e. The highest BCUT2D eigenvalue weighted by Crippen LogP contribution is 2.29. The number of nitrogens with zero attached hydrogens (tertiary/aromatic N) is 1.